The molecule has 104 valence electrons. The SMILES string of the molecule is CC1Cc2ccccc2N1c1ccc([C@@H](C)O)cc1F. The Bertz CT molecular complexity index is 639. The predicted molar refractivity (Wildman–Crippen MR) is 78.8 cm³/mol. The summed E-state index contributed by atoms with van der Waals surface area (Å²) in [7, 11) is 0. The molecular formula is C17H18FNO. The summed E-state index contributed by atoms with van der Waals surface area (Å²) in [4.78, 5) is 2.04. The van der Waals surface area contributed by atoms with Crippen LogP contribution in [0.3, 0.4) is 0 Å². The van der Waals surface area contributed by atoms with E-state index in [0.29, 0.717) is 11.3 Å². The quantitative estimate of drug-likeness (QED) is 0.893. The van der Waals surface area contributed by atoms with Gasteiger partial charge in [0.15, 0.2) is 0 Å². The van der Waals surface area contributed by atoms with Gasteiger partial charge in [0.2, 0.25) is 0 Å². The van der Waals surface area contributed by atoms with Gasteiger partial charge < -0.3 is 10.0 Å². The molecule has 0 fully saturated rings. The van der Waals surface area contributed by atoms with Gasteiger partial charge in [0.1, 0.15) is 5.82 Å². The lowest BCUT2D eigenvalue weighted by Crippen LogP contribution is -2.24. The van der Waals surface area contributed by atoms with Crippen LogP contribution in [-0.2, 0) is 6.42 Å². The number of hydrogen-bond acceptors (Lipinski definition) is 2. The zero-order valence-corrected chi connectivity index (χ0v) is 11.7. The number of anilines is 2. The van der Waals surface area contributed by atoms with E-state index in [-0.39, 0.29) is 11.9 Å². The molecule has 1 heterocycles. The van der Waals surface area contributed by atoms with E-state index in [2.05, 4.69) is 13.0 Å². The molecule has 0 saturated heterocycles. The summed E-state index contributed by atoms with van der Waals surface area (Å²) in [6.45, 7) is 3.74. The van der Waals surface area contributed by atoms with Crippen LogP contribution in [0.25, 0.3) is 0 Å². The summed E-state index contributed by atoms with van der Waals surface area (Å²) in [5, 5.41) is 9.53. The molecule has 2 aromatic rings. The molecule has 0 amide bonds. The maximum atomic E-state index is 14.4. The van der Waals surface area contributed by atoms with Crippen molar-refractivity contribution in [2.75, 3.05) is 4.90 Å². The Kier molecular flexibility index (Phi) is 3.22. The smallest absolute Gasteiger partial charge is 0.147 e. The van der Waals surface area contributed by atoms with Gasteiger partial charge in [0, 0.05) is 11.7 Å². The van der Waals surface area contributed by atoms with Crippen molar-refractivity contribution in [3.8, 4) is 0 Å². The van der Waals surface area contributed by atoms with Crippen molar-refractivity contribution < 1.29 is 9.50 Å². The lowest BCUT2D eigenvalue weighted by molar-refractivity contribution is 0.199. The summed E-state index contributed by atoms with van der Waals surface area (Å²) < 4.78 is 14.4. The summed E-state index contributed by atoms with van der Waals surface area (Å²) in [5.41, 5.74) is 3.50. The van der Waals surface area contributed by atoms with Crippen LogP contribution in [0.1, 0.15) is 31.1 Å². The van der Waals surface area contributed by atoms with E-state index in [4.69, 9.17) is 0 Å². The maximum absolute atomic E-state index is 14.4. The number of hydrogen-bond donors (Lipinski definition) is 1. The highest BCUT2D eigenvalue weighted by molar-refractivity contribution is 5.71. The number of aliphatic hydroxyl groups excluding tert-OH is 1. The molecule has 0 bridgehead atoms. The van der Waals surface area contributed by atoms with E-state index in [1.54, 1.807) is 19.1 Å². The molecule has 0 aromatic heterocycles. The number of fused-ring (bicyclic) bond motifs is 1. The predicted octanol–water partition coefficient (Wildman–Crippen LogP) is 3.96. The first kappa shape index (κ1) is 13.1. The molecule has 0 spiro atoms. The van der Waals surface area contributed by atoms with Crippen LogP contribution >= 0.6 is 0 Å². The van der Waals surface area contributed by atoms with Gasteiger partial charge in [-0.3, -0.25) is 0 Å². The largest absolute Gasteiger partial charge is 0.389 e. The highest BCUT2D eigenvalue weighted by Crippen LogP contribution is 2.39. The highest BCUT2D eigenvalue weighted by atomic mass is 19.1. The van der Waals surface area contributed by atoms with Crippen LogP contribution in [0.15, 0.2) is 42.5 Å². The summed E-state index contributed by atoms with van der Waals surface area (Å²) >= 11 is 0. The van der Waals surface area contributed by atoms with Gasteiger partial charge in [-0.1, -0.05) is 24.3 Å². The zero-order chi connectivity index (χ0) is 14.3. The topological polar surface area (TPSA) is 23.5 Å². The first-order valence-corrected chi connectivity index (χ1v) is 6.92. The van der Waals surface area contributed by atoms with Gasteiger partial charge >= 0.3 is 0 Å². The zero-order valence-electron chi connectivity index (χ0n) is 11.7. The molecule has 1 N–H and O–H groups in total. The molecule has 1 aliphatic heterocycles. The highest BCUT2D eigenvalue weighted by Gasteiger charge is 2.28. The molecule has 0 saturated carbocycles. The average molecular weight is 271 g/mol. The number of aliphatic hydroxyl groups is 1. The fourth-order valence-corrected chi connectivity index (χ4v) is 2.91. The summed E-state index contributed by atoms with van der Waals surface area (Å²) in [6.07, 6.45) is 0.273. The third kappa shape index (κ3) is 2.08. The van der Waals surface area contributed by atoms with Crippen LogP contribution in [0, 0.1) is 5.82 Å². The Balaban J connectivity index is 2.05. The van der Waals surface area contributed by atoms with E-state index < -0.39 is 6.10 Å². The van der Waals surface area contributed by atoms with Gasteiger partial charge in [-0.15, -0.1) is 0 Å². The molecule has 2 nitrogen and oxygen atoms in total. The van der Waals surface area contributed by atoms with Crippen molar-refractivity contribution in [2.45, 2.75) is 32.4 Å². The molecule has 2 aromatic carbocycles. The van der Waals surface area contributed by atoms with Gasteiger partial charge in [-0.25, -0.2) is 4.39 Å². The third-order valence-corrected chi connectivity index (χ3v) is 3.92. The van der Waals surface area contributed by atoms with E-state index in [1.807, 2.05) is 23.1 Å². The molecule has 1 aliphatic rings. The Morgan fingerprint density at radius 1 is 1.20 bits per heavy atom. The Hall–Kier alpha value is -1.87. The number of para-hydroxylation sites is 1. The van der Waals surface area contributed by atoms with Crippen molar-refractivity contribution in [1.29, 1.82) is 0 Å². The van der Waals surface area contributed by atoms with Gasteiger partial charge in [0.25, 0.3) is 0 Å². The van der Waals surface area contributed by atoms with Crippen molar-refractivity contribution in [1.82, 2.24) is 0 Å². The fourth-order valence-electron chi connectivity index (χ4n) is 2.91. The molecule has 1 unspecified atom stereocenters. The van der Waals surface area contributed by atoms with Gasteiger partial charge in [0.05, 0.1) is 11.8 Å². The Morgan fingerprint density at radius 2 is 1.95 bits per heavy atom. The Morgan fingerprint density at radius 3 is 2.65 bits per heavy atom. The monoisotopic (exact) mass is 271 g/mol. The number of nitrogens with zero attached hydrogens (tertiary/aromatic N) is 1. The van der Waals surface area contributed by atoms with E-state index >= 15 is 0 Å². The first-order chi connectivity index (χ1) is 9.58. The van der Waals surface area contributed by atoms with E-state index in [1.165, 1.54) is 11.6 Å². The van der Waals surface area contributed by atoms with Gasteiger partial charge in [-0.05, 0) is 49.6 Å². The average Bonchev–Trinajstić information content (AvgIpc) is 2.74. The van der Waals surface area contributed by atoms with Crippen LogP contribution in [0.5, 0.6) is 0 Å². The molecule has 20 heavy (non-hydrogen) atoms. The van der Waals surface area contributed by atoms with Crippen LogP contribution < -0.4 is 4.90 Å². The van der Waals surface area contributed by atoms with Crippen LogP contribution in [0.2, 0.25) is 0 Å². The van der Waals surface area contributed by atoms with Crippen LogP contribution in [-0.4, -0.2) is 11.1 Å². The minimum atomic E-state index is -0.651. The second-order valence-corrected chi connectivity index (χ2v) is 5.44. The standard InChI is InChI=1S/C17H18FNO/c1-11-9-14-5-3-4-6-16(14)19(11)17-8-7-13(12(2)20)10-15(17)18/h3-8,10-12,20H,9H2,1-2H3/t11?,12-/m1/s1. The molecule has 0 aliphatic carbocycles. The number of rotatable bonds is 2. The summed E-state index contributed by atoms with van der Waals surface area (Å²) in [6, 6.07) is 13.3. The third-order valence-electron chi connectivity index (χ3n) is 3.92. The van der Waals surface area contributed by atoms with Gasteiger partial charge in [-0.2, -0.15) is 0 Å². The van der Waals surface area contributed by atoms with Crippen LogP contribution in [0.4, 0.5) is 15.8 Å². The van der Waals surface area contributed by atoms with E-state index in [9.17, 15) is 9.50 Å². The van der Waals surface area contributed by atoms with Crippen molar-refractivity contribution in [3.63, 3.8) is 0 Å². The minimum absolute atomic E-state index is 0.235. The molecular weight excluding hydrogens is 253 g/mol. The number of halogens is 1. The molecule has 2 atom stereocenters. The lowest BCUT2D eigenvalue weighted by atomic mass is 10.1. The fraction of sp³-hybridized carbons (Fsp3) is 0.294. The Labute approximate surface area is 118 Å². The lowest BCUT2D eigenvalue weighted by Gasteiger charge is -2.26. The molecule has 3 heteroatoms. The minimum Gasteiger partial charge on any atom is -0.389 e. The molecule has 3 rings (SSSR count). The maximum Gasteiger partial charge on any atom is 0.147 e. The van der Waals surface area contributed by atoms with Crippen molar-refractivity contribution >= 4 is 11.4 Å². The first-order valence-electron chi connectivity index (χ1n) is 6.92. The van der Waals surface area contributed by atoms with Crippen molar-refractivity contribution in [3.05, 3.63) is 59.4 Å². The second kappa shape index (κ2) is 4.91. The normalized spacial score (nSPS) is 19.0. The number of benzene rings is 2. The molecule has 0 radical (unpaired) electrons. The summed E-state index contributed by atoms with van der Waals surface area (Å²) in [5.74, 6) is -0.285. The van der Waals surface area contributed by atoms with Crippen molar-refractivity contribution in [2.24, 2.45) is 0 Å². The van der Waals surface area contributed by atoms with E-state index in [0.717, 1.165) is 12.1 Å². The second-order valence-electron chi connectivity index (χ2n) is 5.44.